The first-order chi connectivity index (χ1) is 10.1. The third kappa shape index (κ3) is 3.18. The number of halogens is 2. The molecule has 0 bridgehead atoms. The predicted molar refractivity (Wildman–Crippen MR) is 89.8 cm³/mol. The van der Waals surface area contributed by atoms with Crippen LogP contribution in [-0.4, -0.2) is 9.97 Å². The number of anilines is 2. The summed E-state index contributed by atoms with van der Waals surface area (Å²) in [6, 6.07) is 9.29. The maximum absolute atomic E-state index is 6.21. The first-order valence-electron chi connectivity index (χ1n) is 6.23. The number of pyridine rings is 1. The summed E-state index contributed by atoms with van der Waals surface area (Å²) in [6.45, 7) is 2.00. The zero-order chi connectivity index (χ0) is 14.8. The third-order valence-corrected chi connectivity index (χ3v) is 4.25. The Hall–Kier alpha value is -1.62. The van der Waals surface area contributed by atoms with Gasteiger partial charge in [0.15, 0.2) is 5.13 Å². The first kappa shape index (κ1) is 14.3. The molecule has 0 amide bonds. The fraction of sp³-hybridized carbons (Fsp3) is 0.0667. The molecule has 0 fully saturated rings. The van der Waals surface area contributed by atoms with Gasteiger partial charge in [-0.05, 0) is 36.8 Å². The lowest BCUT2D eigenvalue weighted by molar-refractivity contribution is 1.24. The van der Waals surface area contributed by atoms with Crippen molar-refractivity contribution in [3.05, 3.63) is 57.5 Å². The monoisotopic (exact) mass is 335 g/mol. The summed E-state index contributed by atoms with van der Waals surface area (Å²) in [7, 11) is 0. The Morgan fingerprint density at radius 3 is 2.81 bits per heavy atom. The minimum atomic E-state index is 0.591. The molecule has 0 radical (unpaired) electrons. The SMILES string of the molecule is Cc1cccnc1Nc1nc(-c2ccc(Cl)cc2Cl)cs1. The van der Waals surface area contributed by atoms with Crippen molar-refractivity contribution in [2.24, 2.45) is 0 Å². The van der Waals surface area contributed by atoms with Gasteiger partial charge in [-0.15, -0.1) is 11.3 Å². The molecule has 3 rings (SSSR count). The maximum atomic E-state index is 6.21. The predicted octanol–water partition coefficient (Wildman–Crippen LogP) is 5.56. The fourth-order valence-corrected chi connectivity index (χ4v) is 3.08. The summed E-state index contributed by atoms with van der Waals surface area (Å²) >= 11 is 13.6. The molecule has 1 aromatic carbocycles. The van der Waals surface area contributed by atoms with E-state index in [0.717, 1.165) is 27.8 Å². The van der Waals surface area contributed by atoms with Gasteiger partial charge in [-0.25, -0.2) is 9.97 Å². The second-order valence-corrected chi connectivity index (χ2v) is 6.16. The summed E-state index contributed by atoms with van der Waals surface area (Å²) in [6.07, 6.45) is 1.75. The average Bonchev–Trinajstić information content (AvgIpc) is 2.90. The van der Waals surface area contributed by atoms with E-state index >= 15 is 0 Å². The highest BCUT2D eigenvalue weighted by Crippen LogP contribution is 2.33. The molecule has 3 aromatic rings. The van der Waals surface area contributed by atoms with Crippen LogP contribution in [0.5, 0.6) is 0 Å². The zero-order valence-electron chi connectivity index (χ0n) is 11.1. The molecular formula is C15H11Cl2N3S. The minimum Gasteiger partial charge on any atom is -0.316 e. The van der Waals surface area contributed by atoms with Crippen molar-refractivity contribution in [3.8, 4) is 11.3 Å². The molecular weight excluding hydrogens is 325 g/mol. The van der Waals surface area contributed by atoms with Crippen LogP contribution >= 0.6 is 34.5 Å². The van der Waals surface area contributed by atoms with Gasteiger partial charge < -0.3 is 5.32 Å². The van der Waals surface area contributed by atoms with Gasteiger partial charge in [-0.2, -0.15) is 0 Å². The molecule has 0 aliphatic rings. The number of aromatic nitrogens is 2. The Labute approximate surface area is 136 Å². The summed E-state index contributed by atoms with van der Waals surface area (Å²) in [4.78, 5) is 8.84. The number of nitrogens with one attached hydrogen (secondary N) is 1. The standard InChI is InChI=1S/C15H11Cl2N3S/c1-9-3-2-6-18-14(9)20-15-19-13(8-21-15)11-5-4-10(16)7-12(11)17/h2-8H,1H3,(H,18,19,20). The largest absolute Gasteiger partial charge is 0.316 e. The van der Waals surface area contributed by atoms with Gasteiger partial charge in [0, 0.05) is 22.2 Å². The van der Waals surface area contributed by atoms with Crippen LogP contribution in [0, 0.1) is 6.92 Å². The number of rotatable bonds is 3. The van der Waals surface area contributed by atoms with E-state index in [1.807, 2.05) is 30.5 Å². The highest BCUT2D eigenvalue weighted by Gasteiger charge is 2.10. The van der Waals surface area contributed by atoms with E-state index in [-0.39, 0.29) is 0 Å². The highest BCUT2D eigenvalue weighted by atomic mass is 35.5. The molecule has 0 unspecified atom stereocenters. The van der Waals surface area contributed by atoms with Gasteiger partial charge in [-0.1, -0.05) is 29.3 Å². The number of thiazole rings is 1. The van der Waals surface area contributed by atoms with Crippen LogP contribution < -0.4 is 5.32 Å². The quantitative estimate of drug-likeness (QED) is 0.680. The smallest absolute Gasteiger partial charge is 0.188 e. The van der Waals surface area contributed by atoms with Crippen LogP contribution in [0.2, 0.25) is 10.0 Å². The average molecular weight is 336 g/mol. The molecule has 0 aliphatic heterocycles. The lowest BCUT2D eigenvalue weighted by Gasteiger charge is -2.04. The van der Waals surface area contributed by atoms with Gasteiger partial charge in [-0.3, -0.25) is 0 Å². The number of aryl methyl sites for hydroxylation is 1. The van der Waals surface area contributed by atoms with Crippen molar-refractivity contribution in [2.75, 3.05) is 5.32 Å². The molecule has 6 heteroatoms. The van der Waals surface area contributed by atoms with Crippen molar-refractivity contribution in [1.82, 2.24) is 9.97 Å². The van der Waals surface area contributed by atoms with E-state index < -0.39 is 0 Å². The Kier molecular flexibility index (Phi) is 4.10. The molecule has 2 heterocycles. The lowest BCUT2D eigenvalue weighted by atomic mass is 10.2. The van der Waals surface area contributed by atoms with Gasteiger partial charge in [0.05, 0.1) is 10.7 Å². The van der Waals surface area contributed by atoms with Crippen LogP contribution in [0.15, 0.2) is 41.9 Å². The summed E-state index contributed by atoms with van der Waals surface area (Å²) in [5.74, 6) is 0.806. The number of hydrogen-bond donors (Lipinski definition) is 1. The van der Waals surface area contributed by atoms with Gasteiger partial charge in [0.25, 0.3) is 0 Å². The van der Waals surface area contributed by atoms with Crippen LogP contribution in [-0.2, 0) is 0 Å². The van der Waals surface area contributed by atoms with E-state index in [2.05, 4.69) is 15.3 Å². The third-order valence-electron chi connectivity index (χ3n) is 2.95. The zero-order valence-corrected chi connectivity index (χ0v) is 13.4. The minimum absolute atomic E-state index is 0.591. The molecule has 0 atom stereocenters. The summed E-state index contributed by atoms with van der Waals surface area (Å²) < 4.78 is 0. The van der Waals surface area contributed by atoms with Crippen molar-refractivity contribution >= 4 is 45.5 Å². The number of nitrogens with zero attached hydrogens (tertiary/aromatic N) is 2. The molecule has 3 nitrogen and oxygen atoms in total. The van der Waals surface area contributed by atoms with E-state index in [9.17, 15) is 0 Å². The molecule has 1 N–H and O–H groups in total. The molecule has 0 spiro atoms. The normalized spacial score (nSPS) is 10.6. The Bertz CT molecular complexity index is 786. The molecule has 0 aliphatic carbocycles. The van der Waals surface area contributed by atoms with Crippen molar-refractivity contribution in [2.45, 2.75) is 6.92 Å². The van der Waals surface area contributed by atoms with Crippen molar-refractivity contribution < 1.29 is 0 Å². The highest BCUT2D eigenvalue weighted by molar-refractivity contribution is 7.14. The molecule has 0 saturated carbocycles. The maximum Gasteiger partial charge on any atom is 0.188 e. The second kappa shape index (κ2) is 6.02. The fourth-order valence-electron chi connectivity index (χ4n) is 1.87. The van der Waals surface area contributed by atoms with E-state index in [1.165, 1.54) is 11.3 Å². The van der Waals surface area contributed by atoms with Crippen LogP contribution in [0.3, 0.4) is 0 Å². The van der Waals surface area contributed by atoms with Crippen molar-refractivity contribution in [1.29, 1.82) is 0 Å². The summed E-state index contributed by atoms with van der Waals surface area (Å²) in [5.41, 5.74) is 2.75. The first-order valence-corrected chi connectivity index (χ1v) is 7.86. The Balaban J connectivity index is 1.88. The van der Waals surface area contributed by atoms with Gasteiger partial charge >= 0.3 is 0 Å². The number of benzene rings is 1. The van der Waals surface area contributed by atoms with E-state index in [4.69, 9.17) is 23.2 Å². The number of hydrogen-bond acceptors (Lipinski definition) is 4. The Morgan fingerprint density at radius 2 is 2.05 bits per heavy atom. The van der Waals surface area contributed by atoms with Crippen LogP contribution in [0.25, 0.3) is 11.3 Å². The van der Waals surface area contributed by atoms with Crippen LogP contribution in [0.1, 0.15) is 5.56 Å². The van der Waals surface area contributed by atoms with Gasteiger partial charge in [0.2, 0.25) is 0 Å². The van der Waals surface area contributed by atoms with E-state index in [0.29, 0.717) is 10.0 Å². The molecule has 0 saturated heterocycles. The summed E-state index contributed by atoms with van der Waals surface area (Å²) in [5, 5.41) is 7.15. The lowest BCUT2D eigenvalue weighted by Crippen LogP contribution is -1.95. The van der Waals surface area contributed by atoms with Crippen molar-refractivity contribution in [3.63, 3.8) is 0 Å². The molecule has 21 heavy (non-hydrogen) atoms. The molecule has 106 valence electrons. The van der Waals surface area contributed by atoms with Gasteiger partial charge in [0.1, 0.15) is 5.82 Å². The molecule has 2 aromatic heterocycles. The Morgan fingerprint density at radius 1 is 1.19 bits per heavy atom. The van der Waals surface area contributed by atoms with E-state index in [1.54, 1.807) is 18.3 Å². The second-order valence-electron chi connectivity index (χ2n) is 4.46. The topological polar surface area (TPSA) is 37.8 Å². The van der Waals surface area contributed by atoms with Crippen LogP contribution in [0.4, 0.5) is 10.9 Å².